The average Bonchev–Trinajstić information content (AvgIpc) is 4.10. The molecule has 11 aromatic carbocycles. The van der Waals surface area contributed by atoms with Crippen molar-refractivity contribution in [2.75, 3.05) is 0 Å². The predicted octanol–water partition coefficient (Wildman–Crippen LogP) is 17.1. The molecule has 2 aromatic heterocycles. The molecule has 0 saturated heterocycles. The van der Waals surface area contributed by atoms with Crippen molar-refractivity contribution in [2.24, 2.45) is 0 Å². The third-order valence-corrected chi connectivity index (χ3v) is 15.4. The Morgan fingerprint density at radius 2 is 0.831 bits per heavy atom. The second-order valence-corrected chi connectivity index (χ2v) is 18.9. The zero-order valence-corrected chi connectivity index (χ0v) is 38.7. The average molecular weight is 902 g/mol. The quantitative estimate of drug-likeness (QED) is 0.163. The molecule has 0 amide bonds. The standard InChI is InChI=1S/C68H43N3/c1-5-20-45(21-6-1)65-66(46-22-7-2-8-23-46)71(49-26-11-4-12-27-49)67(69-65)47-38-36-44(37-39-47)50-40-41-55-56-43-63-57(53-30-15-18-35-62(53)70(63)48-24-9-3-10-25-48)42-61(56)68(60-34-19-31-54(50)64(55)60)58-32-16-13-28-51(58)52-29-14-17-33-59(52)68/h1-43H. The van der Waals surface area contributed by atoms with E-state index in [1.807, 2.05) is 0 Å². The Kier molecular flexibility index (Phi) is 8.57. The lowest BCUT2D eigenvalue weighted by Gasteiger charge is -2.40. The molecule has 2 heterocycles. The van der Waals surface area contributed by atoms with Crippen LogP contribution in [0.1, 0.15) is 22.3 Å². The van der Waals surface area contributed by atoms with E-state index in [0.29, 0.717) is 0 Å². The molecule has 13 aromatic rings. The maximum absolute atomic E-state index is 5.52. The molecule has 0 fully saturated rings. The topological polar surface area (TPSA) is 22.8 Å². The van der Waals surface area contributed by atoms with E-state index >= 15 is 0 Å². The summed E-state index contributed by atoms with van der Waals surface area (Å²) in [6.07, 6.45) is 0. The highest BCUT2D eigenvalue weighted by Crippen LogP contribution is 2.63. The van der Waals surface area contributed by atoms with Gasteiger partial charge in [0.2, 0.25) is 0 Å². The third kappa shape index (κ3) is 5.63. The molecule has 0 bridgehead atoms. The fourth-order valence-corrected chi connectivity index (χ4v) is 12.5. The summed E-state index contributed by atoms with van der Waals surface area (Å²) in [4.78, 5) is 5.52. The van der Waals surface area contributed by atoms with Crippen molar-refractivity contribution in [2.45, 2.75) is 5.41 Å². The van der Waals surface area contributed by atoms with E-state index in [0.717, 1.165) is 50.8 Å². The Balaban J connectivity index is 0.975. The summed E-state index contributed by atoms with van der Waals surface area (Å²) in [5, 5.41) is 5.06. The minimum absolute atomic E-state index is 0.552. The number of imidazole rings is 1. The minimum Gasteiger partial charge on any atom is -0.309 e. The number of hydrogen-bond acceptors (Lipinski definition) is 1. The Labute approximate surface area is 411 Å². The van der Waals surface area contributed by atoms with Crippen molar-refractivity contribution in [3.05, 3.63) is 283 Å². The van der Waals surface area contributed by atoms with E-state index in [1.165, 1.54) is 82.6 Å². The van der Waals surface area contributed by atoms with Crippen molar-refractivity contribution < 1.29 is 0 Å². The fraction of sp³-hybridized carbons (Fsp3) is 0.0147. The van der Waals surface area contributed by atoms with Crippen molar-refractivity contribution in [1.82, 2.24) is 14.1 Å². The summed E-state index contributed by atoms with van der Waals surface area (Å²) in [5.74, 6) is 0.897. The SMILES string of the molecule is c1ccc(-c2nc(-c3ccc(-c4ccc5c6c(cccc46)C4(c6ccccc6-c6ccccc64)c4cc6c7ccccc7n(-c7ccccc7)c6cc4-5)cc3)n(-c3ccccc3)c2-c2ccccc2)cc1. The molecule has 0 saturated carbocycles. The van der Waals surface area contributed by atoms with E-state index in [1.54, 1.807) is 0 Å². The van der Waals surface area contributed by atoms with Crippen LogP contribution in [0.5, 0.6) is 0 Å². The van der Waals surface area contributed by atoms with E-state index in [-0.39, 0.29) is 0 Å². The molecule has 2 aliphatic rings. The second-order valence-electron chi connectivity index (χ2n) is 18.9. The number of aromatic nitrogens is 3. The van der Waals surface area contributed by atoms with Crippen LogP contribution in [0.15, 0.2) is 261 Å². The molecular weight excluding hydrogens is 859 g/mol. The molecule has 0 unspecified atom stereocenters. The summed E-state index contributed by atoms with van der Waals surface area (Å²) in [7, 11) is 0. The minimum atomic E-state index is -0.552. The molecule has 15 rings (SSSR count). The van der Waals surface area contributed by atoms with Gasteiger partial charge in [0.1, 0.15) is 5.82 Å². The fourth-order valence-electron chi connectivity index (χ4n) is 12.5. The number of para-hydroxylation sites is 3. The summed E-state index contributed by atoms with van der Waals surface area (Å²) in [6, 6.07) is 95.8. The van der Waals surface area contributed by atoms with Crippen LogP contribution >= 0.6 is 0 Å². The molecule has 2 aliphatic carbocycles. The van der Waals surface area contributed by atoms with E-state index in [2.05, 4.69) is 270 Å². The first-order valence-electron chi connectivity index (χ1n) is 24.5. The first-order valence-corrected chi connectivity index (χ1v) is 24.5. The largest absolute Gasteiger partial charge is 0.309 e. The lowest BCUT2D eigenvalue weighted by atomic mass is 9.61. The van der Waals surface area contributed by atoms with Gasteiger partial charge in [0.05, 0.1) is 27.8 Å². The number of nitrogens with zero attached hydrogens (tertiary/aromatic N) is 3. The van der Waals surface area contributed by atoms with Crippen LogP contribution in [-0.2, 0) is 5.41 Å². The van der Waals surface area contributed by atoms with Crippen LogP contribution in [0, 0.1) is 0 Å². The summed E-state index contributed by atoms with van der Waals surface area (Å²) in [5.41, 5.74) is 22.2. The van der Waals surface area contributed by atoms with Crippen molar-refractivity contribution >= 4 is 32.6 Å². The van der Waals surface area contributed by atoms with E-state index in [4.69, 9.17) is 4.98 Å². The predicted molar refractivity (Wildman–Crippen MR) is 293 cm³/mol. The maximum atomic E-state index is 5.52. The van der Waals surface area contributed by atoms with Gasteiger partial charge >= 0.3 is 0 Å². The third-order valence-electron chi connectivity index (χ3n) is 15.4. The number of hydrogen-bond donors (Lipinski definition) is 0. The van der Waals surface area contributed by atoms with Crippen LogP contribution in [0.2, 0.25) is 0 Å². The highest BCUT2D eigenvalue weighted by molar-refractivity contribution is 6.16. The van der Waals surface area contributed by atoms with Crippen LogP contribution in [0.25, 0.3) is 111 Å². The van der Waals surface area contributed by atoms with Crippen LogP contribution in [0.3, 0.4) is 0 Å². The molecule has 0 aliphatic heterocycles. The van der Waals surface area contributed by atoms with Crippen LogP contribution in [0.4, 0.5) is 0 Å². The Morgan fingerprint density at radius 1 is 0.296 bits per heavy atom. The van der Waals surface area contributed by atoms with Gasteiger partial charge < -0.3 is 4.57 Å². The molecule has 0 radical (unpaired) electrons. The lowest BCUT2D eigenvalue weighted by Crippen LogP contribution is -2.31. The molecule has 1 spiro atoms. The summed E-state index contributed by atoms with van der Waals surface area (Å²) >= 11 is 0. The van der Waals surface area contributed by atoms with Gasteiger partial charge in [0, 0.05) is 38.8 Å². The van der Waals surface area contributed by atoms with Gasteiger partial charge in [-0.2, -0.15) is 0 Å². The van der Waals surface area contributed by atoms with Gasteiger partial charge in [-0.05, 0) is 109 Å². The number of fused-ring (bicyclic) bond motifs is 12. The number of benzene rings is 11. The molecule has 0 atom stereocenters. The van der Waals surface area contributed by atoms with Crippen molar-refractivity contribution in [3.63, 3.8) is 0 Å². The molecule has 0 N–H and O–H groups in total. The van der Waals surface area contributed by atoms with Gasteiger partial charge in [-0.15, -0.1) is 0 Å². The van der Waals surface area contributed by atoms with Gasteiger partial charge in [0.15, 0.2) is 0 Å². The van der Waals surface area contributed by atoms with Gasteiger partial charge in [-0.1, -0.05) is 218 Å². The van der Waals surface area contributed by atoms with E-state index in [9.17, 15) is 0 Å². The normalized spacial score (nSPS) is 12.9. The molecule has 3 nitrogen and oxygen atoms in total. The summed E-state index contributed by atoms with van der Waals surface area (Å²) in [6.45, 7) is 0. The Bertz CT molecular complexity index is 4200. The highest BCUT2D eigenvalue weighted by atomic mass is 15.1. The Hall–Kier alpha value is -9.31. The highest BCUT2D eigenvalue weighted by Gasteiger charge is 2.50. The molecule has 3 heteroatoms. The monoisotopic (exact) mass is 901 g/mol. The lowest BCUT2D eigenvalue weighted by molar-refractivity contribution is 0.775. The molecule has 71 heavy (non-hydrogen) atoms. The van der Waals surface area contributed by atoms with Gasteiger partial charge in [-0.25, -0.2) is 4.98 Å². The Morgan fingerprint density at radius 3 is 1.52 bits per heavy atom. The maximum Gasteiger partial charge on any atom is 0.145 e. The smallest absolute Gasteiger partial charge is 0.145 e. The second kappa shape index (κ2) is 15.3. The van der Waals surface area contributed by atoms with Gasteiger partial charge in [0.25, 0.3) is 0 Å². The molecule has 330 valence electrons. The van der Waals surface area contributed by atoms with Crippen LogP contribution in [-0.4, -0.2) is 14.1 Å². The first-order chi connectivity index (χ1) is 35.3. The van der Waals surface area contributed by atoms with Gasteiger partial charge in [-0.3, -0.25) is 4.57 Å². The zero-order chi connectivity index (χ0) is 46.6. The molecular formula is C68H43N3. The first kappa shape index (κ1) is 39.7. The zero-order valence-electron chi connectivity index (χ0n) is 38.7. The number of rotatable bonds is 6. The van der Waals surface area contributed by atoms with Crippen LogP contribution < -0.4 is 0 Å². The van der Waals surface area contributed by atoms with Crippen molar-refractivity contribution in [3.8, 4) is 78.7 Å². The van der Waals surface area contributed by atoms with E-state index < -0.39 is 5.41 Å². The van der Waals surface area contributed by atoms with Crippen molar-refractivity contribution in [1.29, 1.82) is 0 Å². The summed E-state index contributed by atoms with van der Waals surface area (Å²) < 4.78 is 4.79.